The Morgan fingerprint density at radius 2 is 1.93 bits per heavy atom. The second-order valence-corrected chi connectivity index (χ2v) is 6.32. The molecule has 0 aliphatic carbocycles. The highest BCUT2D eigenvalue weighted by Gasteiger charge is 2.11. The summed E-state index contributed by atoms with van der Waals surface area (Å²) in [4.78, 5) is 12.7. The van der Waals surface area contributed by atoms with Crippen molar-refractivity contribution in [2.75, 3.05) is 0 Å². The van der Waals surface area contributed by atoms with Gasteiger partial charge in [0.1, 0.15) is 0 Å². The first kappa shape index (κ1) is 11.0. The van der Waals surface area contributed by atoms with Crippen LogP contribution in [-0.4, -0.2) is 5.78 Å². The lowest BCUT2D eigenvalue weighted by Gasteiger charge is -1.98. The summed E-state index contributed by atoms with van der Waals surface area (Å²) in [5.41, 5.74) is 0.707. The molecule has 2 aromatic rings. The number of thiophene rings is 1. The van der Waals surface area contributed by atoms with E-state index in [1.54, 1.807) is 0 Å². The van der Waals surface area contributed by atoms with E-state index < -0.39 is 0 Å². The summed E-state index contributed by atoms with van der Waals surface area (Å²) < 4.78 is 1.89. The fourth-order valence-electron chi connectivity index (χ4n) is 1.21. The van der Waals surface area contributed by atoms with Crippen LogP contribution < -0.4 is 0 Å². The lowest BCUT2D eigenvalue weighted by Crippen LogP contribution is -1.97. The van der Waals surface area contributed by atoms with Gasteiger partial charge in [-0.2, -0.15) is 0 Å². The van der Waals surface area contributed by atoms with Crippen molar-refractivity contribution in [2.24, 2.45) is 0 Å². The maximum atomic E-state index is 12.0. The molecule has 0 saturated carbocycles. The lowest BCUT2D eigenvalue weighted by molar-refractivity contribution is 0.104. The predicted octanol–water partition coefficient (Wildman–Crippen LogP) is 4.50. The summed E-state index contributed by atoms with van der Waals surface area (Å²) in [6.45, 7) is 0. The van der Waals surface area contributed by atoms with Gasteiger partial charge in [0, 0.05) is 10.0 Å². The quantitative estimate of drug-likeness (QED) is 0.732. The first-order valence-corrected chi connectivity index (χ1v) is 6.62. The van der Waals surface area contributed by atoms with Crippen molar-refractivity contribution in [1.82, 2.24) is 0 Å². The van der Waals surface area contributed by atoms with Gasteiger partial charge >= 0.3 is 0 Å². The second-order valence-electron chi connectivity index (χ2n) is 2.94. The van der Waals surface area contributed by atoms with Crippen LogP contribution in [0.2, 0.25) is 0 Å². The zero-order chi connectivity index (χ0) is 10.8. The van der Waals surface area contributed by atoms with E-state index in [-0.39, 0.29) is 5.78 Å². The van der Waals surface area contributed by atoms with E-state index in [1.807, 2.05) is 36.4 Å². The van der Waals surface area contributed by atoms with Gasteiger partial charge in [-0.3, -0.25) is 4.79 Å². The molecule has 0 atom stereocenters. The third kappa shape index (κ3) is 2.56. The largest absolute Gasteiger partial charge is 0.288 e. The molecule has 1 heterocycles. The maximum Gasteiger partial charge on any atom is 0.203 e. The molecule has 0 aliphatic heterocycles. The number of ketones is 1. The molecule has 0 bridgehead atoms. The van der Waals surface area contributed by atoms with E-state index in [1.165, 1.54) is 11.3 Å². The molecule has 0 N–H and O–H groups in total. The fourth-order valence-corrected chi connectivity index (χ4v) is 2.96. The van der Waals surface area contributed by atoms with E-state index in [9.17, 15) is 4.79 Å². The Morgan fingerprint density at radius 1 is 1.13 bits per heavy atom. The molecular formula is C11H6Br2OS. The Balaban J connectivity index is 2.36. The molecule has 2 rings (SSSR count). The smallest absolute Gasteiger partial charge is 0.203 e. The van der Waals surface area contributed by atoms with Crippen molar-refractivity contribution in [3.05, 3.63) is 55.1 Å². The van der Waals surface area contributed by atoms with Gasteiger partial charge in [-0.05, 0) is 40.2 Å². The van der Waals surface area contributed by atoms with E-state index in [4.69, 9.17) is 0 Å². The van der Waals surface area contributed by atoms with Crippen LogP contribution in [-0.2, 0) is 0 Å². The highest BCUT2D eigenvalue weighted by Crippen LogP contribution is 2.25. The van der Waals surface area contributed by atoms with Crippen molar-refractivity contribution >= 4 is 49.0 Å². The van der Waals surface area contributed by atoms with Gasteiger partial charge in [-0.25, -0.2) is 0 Å². The summed E-state index contributed by atoms with van der Waals surface area (Å²) >= 11 is 8.14. The van der Waals surface area contributed by atoms with Crippen molar-refractivity contribution in [3.63, 3.8) is 0 Å². The number of hydrogen-bond donors (Lipinski definition) is 0. The third-order valence-electron chi connectivity index (χ3n) is 1.88. The van der Waals surface area contributed by atoms with Crippen LogP contribution in [0.15, 0.2) is 44.7 Å². The Kier molecular flexibility index (Phi) is 3.38. The molecule has 15 heavy (non-hydrogen) atoms. The molecule has 0 aliphatic rings. The predicted molar refractivity (Wildman–Crippen MR) is 69.6 cm³/mol. The summed E-state index contributed by atoms with van der Waals surface area (Å²) in [6.07, 6.45) is 0. The van der Waals surface area contributed by atoms with Crippen LogP contribution in [0, 0.1) is 0 Å². The second kappa shape index (κ2) is 4.60. The van der Waals surface area contributed by atoms with Crippen LogP contribution in [0.25, 0.3) is 0 Å². The highest BCUT2D eigenvalue weighted by atomic mass is 79.9. The van der Waals surface area contributed by atoms with Gasteiger partial charge in [0.05, 0.1) is 8.66 Å². The maximum absolute atomic E-state index is 12.0. The van der Waals surface area contributed by atoms with Crippen molar-refractivity contribution in [1.29, 1.82) is 0 Å². The van der Waals surface area contributed by atoms with Gasteiger partial charge in [-0.15, -0.1) is 11.3 Å². The molecule has 0 amide bonds. The molecule has 0 radical (unpaired) electrons. The van der Waals surface area contributed by atoms with Crippen LogP contribution in [0.3, 0.4) is 0 Å². The number of rotatable bonds is 2. The Hall–Kier alpha value is -0.450. The van der Waals surface area contributed by atoms with Crippen molar-refractivity contribution in [3.8, 4) is 0 Å². The van der Waals surface area contributed by atoms with E-state index >= 15 is 0 Å². The third-order valence-corrected chi connectivity index (χ3v) is 4.00. The van der Waals surface area contributed by atoms with Gasteiger partial charge in [0.2, 0.25) is 5.78 Å². The Bertz CT molecular complexity index is 505. The zero-order valence-electron chi connectivity index (χ0n) is 7.54. The summed E-state index contributed by atoms with van der Waals surface area (Å²) in [6, 6.07) is 11.1. The standard InChI is InChI=1S/C11H6Br2OS/c12-8-3-1-2-7(6-8)11(14)9-4-5-10(13)15-9/h1-6H. The SMILES string of the molecule is O=C(c1cccc(Br)c1)c1ccc(Br)s1. The van der Waals surface area contributed by atoms with Crippen LogP contribution in [0.1, 0.15) is 15.2 Å². The van der Waals surface area contributed by atoms with Crippen molar-refractivity contribution < 1.29 is 4.79 Å². The lowest BCUT2D eigenvalue weighted by atomic mass is 10.1. The first-order valence-electron chi connectivity index (χ1n) is 4.22. The van der Waals surface area contributed by atoms with E-state index in [2.05, 4.69) is 31.9 Å². The summed E-state index contributed by atoms with van der Waals surface area (Å²) in [7, 11) is 0. The average molecular weight is 346 g/mol. The topological polar surface area (TPSA) is 17.1 Å². The molecule has 0 unspecified atom stereocenters. The number of carbonyl (C=O) groups excluding carboxylic acids is 1. The summed E-state index contributed by atoms with van der Waals surface area (Å²) in [5.74, 6) is 0.0620. The van der Waals surface area contributed by atoms with Gasteiger partial charge in [0.25, 0.3) is 0 Å². The van der Waals surface area contributed by atoms with E-state index in [0.717, 1.165) is 13.1 Å². The molecule has 0 saturated heterocycles. The van der Waals surface area contributed by atoms with Gasteiger partial charge < -0.3 is 0 Å². The fraction of sp³-hybridized carbons (Fsp3) is 0. The minimum Gasteiger partial charge on any atom is -0.288 e. The normalized spacial score (nSPS) is 10.3. The highest BCUT2D eigenvalue weighted by molar-refractivity contribution is 9.11. The number of carbonyl (C=O) groups is 1. The molecule has 1 aromatic carbocycles. The van der Waals surface area contributed by atoms with Crippen molar-refractivity contribution in [2.45, 2.75) is 0 Å². The Labute approximate surface area is 108 Å². The Morgan fingerprint density at radius 3 is 2.53 bits per heavy atom. The van der Waals surface area contributed by atoms with Crippen LogP contribution in [0.4, 0.5) is 0 Å². The molecule has 76 valence electrons. The molecule has 0 fully saturated rings. The number of halogens is 2. The zero-order valence-corrected chi connectivity index (χ0v) is 11.5. The molecule has 4 heteroatoms. The molecule has 1 nitrogen and oxygen atoms in total. The van der Waals surface area contributed by atoms with E-state index in [0.29, 0.717) is 5.56 Å². The summed E-state index contributed by atoms with van der Waals surface area (Å²) in [5, 5.41) is 0. The average Bonchev–Trinajstić information content (AvgIpc) is 2.64. The minimum absolute atomic E-state index is 0.0620. The van der Waals surface area contributed by atoms with Gasteiger partial charge in [0.15, 0.2) is 0 Å². The number of benzene rings is 1. The molecule has 0 spiro atoms. The number of hydrogen-bond acceptors (Lipinski definition) is 2. The first-order chi connectivity index (χ1) is 7.16. The van der Waals surface area contributed by atoms with Gasteiger partial charge in [-0.1, -0.05) is 28.1 Å². The molecular weight excluding hydrogens is 340 g/mol. The van der Waals surface area contributed by atoms with Crippen LogP contribution >= 0.6 is 43.2 Å². The minimum atomic E-state index is 0.0620. The van der Waals surface area contributed by atoms with Crippen LogP contribution in [0.5, 0.6) is 0 Å². The molecule has 1 aromatic heterocycles. The monoisotopic (exact) mass is 344 g/mol.